The number of halogens is 3. The number of nitrogens with zero attached hydrogens (tertiary/aromatic N) is 1. The van der Waals surface area contributed by atoms with Gasteiger partial charge in [-0.2, -0.15) is 13.2 Å². The molecule has 0 aliphatic heterocycles. The lowest BCUT2D eigenvalue weighted by atomic mass is 10.1. The van der Waals surface area contributed by atoms with Gasteiger partial charge < -0.3 is 5.21 Å². The zero-order valence-electron chi connectivity index (χ0n) is 7.82. The maximum atomic E-state index is 12.5. The Morgan fingerprint density at radius 3 is 2.69 bits per heavy atom. The first-order valence-electron chi connectivity index (χ1n) is 4.28. The van der Waals surface area contributed by atoms with E-state index in [2.05, 4.69) is 5.16 Å². The van der Waals surface area contributed by atoms with Gasteiger partial charge in [0.15, 0.2) is 0 Å². The summed E-state index contributed by atoms with van der Waals surface area (Å²) in [6.07, 6.45) is -3.16. The van der Waals surface area contributed by atoms with Crippen LogP contribution in [0.3, 0.4) is 0 Å². The van der Waals surface area contributed by atoms with E-state index in [1.165, 1.54) is 18.3 Å². The van der Waals surface area contributed by atoms with Crippen molar-refractivity contribution < 1.29 is 18.4 Å². The second-order valence-corrected chi connectivity index (χ2v) is 4.06. The third kappa shape index (κ3) is 1.88. The molecule has 2 aromatic rings. The van der Waals surface area contributed by atoms with Gasteiger partial charge in [-0.25, -0.2) is 0 Å². The van der Waals surface area contributed by atoms with E-state index in [1.807, 2.05) is 0 Å². The molecule has 0 spiro atoms. The van der Waals surface area contributed by atoms with Crippen LogP contribution in [0.25, 0.3) is 10.1 Å². The average Bonchev–Trinajstić information content (AvgIpc) is 2.60. The summed E-state index contributed by atoms with van der Waals surface area (Å²) in [6.45, 7) is 0. The Bertz CT molecular complexity index is 544. The zero-order valence-corrected chi connectivity index (χ0v) is 8.64. The number of benzene rings is 1. The van der Waals surface area contributed by atoms with Gasteiger partial charge in [0.25, 0.3) is 0 Å². The van der Waals surface area contributed by atoms with Crippen LogP contribution in [0.1, 0.15) is 11.1 Å². The van der Waals surface area contributed by atoms with Crippen molar-refractivity contribution in [2.45, 2.75) is 6.18 Å². The maximum absolute atomic E-state index is 12.5. The largest absolute Gasteiger partial charge is 0.417 e. The monoisotopic (exact) mass is 245 g/mol. The van der Waals surface area contributed by atoms with Crippen LogP contribution in [-0.4, -0.2) is 11.4 Å². The predicted molar refractivity (Wildman–Crippen MR) is 56.2 cm³/mol. The first-order valence-corrected chi connectivity index (χ1v) is 5.16. The second-order valence-electron chi connectivity index (χ2n) is 3.15. The first kappa shape index (κ1) is 10.9. The van der Waals surface area contributed by atoms with Gasteiger partial charge in [0.1, 0.15) is 0 Å². The van der Waals surface area contributed by atoms with E-state index in [0.717, 1.165) is 16.7 Å². The van der Waals surface area contributed by atoms with Crippen molar-refractivity contribution in [1.82, 2.24) is 0 Å². The zero-order chi connectivity index (χ0) is 11.8. The molecule has 2 rings (SSSR count). The molecule has 0 aliphatic rings. The van der Waals surface area contributed by atoms with Crippen LogP contribution in [0, 0.1) is 0 Å². The van der Waals surface area contributed by atoms with Gasteiger partial charge in [0, 0.05) is 15.5 Å². The molecule has 0 unspecified atom stereocenters. The van der Waals surface area contributed by atoms with E-state index in [-0.39, 0.29) is 5.39 Å². The van der Waals surface area contributed by atoms with E-state index in [1.54, 1.807) is 6.07 Å². The molecule has 0 fully saturated rings. The van der Waals surface area contributed by atoms with E-state index < -0.39 is 11.7 Å². The van der Waals surface area contributed by atoms with Gasteiger partial charge in [-0.1, -0.05) is 17.3 Å². The van der Waals surface area contributed by atoms with Crippen LogP contribution in [0.2, 0.25) is 0 Å². The molecule has 0 atom stereocenters. The summed E-state index contributed by atoms with van der Waals surface area (Å²) in [5, 5.41) is 12.4. The Morgan fingerprint density at radius 2 is 2.06 bits per heavy atom. The molecular weight excluding hydrogens is 239 g/mol. The fourth-order valence-corrected chi connectivity index (χ4v) is 2.43. The molecule has 0 bridgehead atoms. The minimum absolute atomic E-state index is 0.174. The number of hydrogen-bond acceptors (Lipinski definition) is 3. The molecule has 84 valence electrons. The van der Waals surface area contributed by atoms with Gasteiger partial charge >= 0.3 is 6.18 Å². The number of thiophene rings is 1. The number of hydrogen-bond donors (Lipinski definition) is 1. The van der Waals surface area contributed by atoms with E-state index in [4.69, 9.17) is 5.21 Å². The summed E-state index contributed by atoms with van der Waals surface area (Å²) in [7, 11) is 0. The molecule has 1 aromatic carbocycles. The van der Waals surface area contributed by atoms with E-state index in [9.17, 15) is 13.2 Å². The SMILES string of the molecule is O/N=C/c1ccc2c(C(F)(F)F)csc2c1. The lowest BCUT2D eigenvalue weighted by molar-refractivity contribution is -0.136. The summed E-state index contributed by atoms with van der Waals surface area (Å²) in [4.78, 5) is 0. The molecule has 0 saturated heterocycles. The van der Waals surface area contributed by atoms with Gasteiger partial charge in [-0.15, -0.1) is 11.3 Å². The number of fused-ring (bicyclic) bond motifs is 1. The molecule has 16 heavy (non-hydrogen) atoms. The second kappa shape index (κ2) is 3.79. The van der Waals surface area contributed by atoms with Gasteiger partial charge in [0.2, 0.25) is 0 Å². The van der Waals surface area contributed by atoms with Crippen molar-refractivity contribution in [3.63, 3.8) is 0 Å². The van der Waals surface area contributed by atoms with Crippen LogP contribution in [0.15, 0.2) is 28.7 Å². The van der Waals surface area contributed by atoms with Crippen molar-refractivity contribution in [3.8, 4) is 0 Å². The van der Waals surface area contributed by atoms with Crippen LogP contribution < -0.4 is 0 Å². The predicted octanol–water partition coefficient (Wildman–Crippen LogP) is 3.73. The van der Waals surface area contributed by atoms with Gasteiger partial charge in [-0.05, 0) is 11.6 Å². The van der Waals surface area contributed by atoms with Crippen LogP contribution >= 0.6 is 11.3 Å². The minimum Gasteiger partial charge on any atom is -0.411 e. The summed E-state index contributed by atoms with van der Waals surface area (Å²) in [5.74, 6) is 0. The Hall–Kier alpha value is -1.56. The number of oxime groups is 1. The van der Waals surface area contributed by atoms with Crippen LogP contribution in [0.4, 0.5) is 13.2 Å². The molecule has 2 nitrogen and oxygen atoms in total. The molecule has 6 heteroatoms. The number of rotatable bonds is 1. The third-order valence-corrected chi connectivity index (χ3v) is 3.06. The Morgan fingerprint density at radius 1 is 1.31 bits per heavy atom. The Balaban J connectivity index is 2.59. The van der Waals surface area contributed by atoms with Crippen molar-refractivity contribution in [2.24, 2.45) is 5.16 Å². The molecule has 0 saturated carbocycles. The third-order valence-electron chi connectivity index (χ3n) is 2.11. The Kier molecular flexibility index (Phi) is 2.59. The number of alkyl halides is 3. The van der Waals surface area contributed by atoms with E-state index in [0.29, 0.717) is 10.3 Å². The smallest absolute Gasteiger partial charge is 0.411 e. The highest BCUT2D eigenvalue weighted by Crippen LogP contribution is 2.38. The summed E-state index contributed by atoms with van der Waals surface area (Å²) >= 11 is 1.02. The molecule has 0 radical (unpaired) electrons. The molecule has 1 N–H and O–H groups in total. The quantitative estimate of drug-likeness (QED) is 0.463. The normalized spacial score (nSPS) is 12.7. The highest BCUT2D eigenvalue weighted by molar-refractivity contribution is 7.17. The topological polar surface area (TPSA) is 32.6 Å². The summed E-state index contributed by atoms with van der Waals surface area (Å²) in [6, 6.07) is 4.41. The fourth-order valence-electron chi connectivity index (χ4n) is 1.41. The van der Waals surface area contributed by atoms with Crippen molar-refractivity contribution >= 4 is 27.6 Å². The van der Waals surface area contributed by atoms with Gasteiger partial charge in [-0.3, -0.25) is 0 Å². The lowest BCUT2D eigenvalue weighted by Crippen LogP contribution is -2.03. The summed E-state index contributed by atoms with van der Waals surface area (Å²) < 4.78 is 38.1. The van der Waals surface area contributed by atoms with Crippen LogP contribution in [0.5, 0.6) is 0 Å². The maximum Gasteiger partial charge on any atom is 0.417 e. The average molecular weight is 245 g/mol. The molecule has 0 amide bonds. The minimum atomic E-state index is -4.33. The molecular formula is C10H6F3NOS. The standard InChI is InChI=1S/C10H6F3NOS/c11-10(12,13)8-5-16-9-3-6(4-14-15)1-2-7(8)9/h1-5,15H/b14-4+. The fraction of sp³-hybridized carbons (Fsp3) is 0.100. The lowest BCUT2D eigenvalue weighted by Gasteiger charge is -2.04. The highest BCUT2D eigenvalue weighted by atomic mass is 32.1. The van der Waals surface area contributed by atoms with Crippen molar-refractivity contribution in [1.29, 1.82) is 0 Å². The highest BCUT2D eigenvalue weighted by Gasteiger charge is 2.33. The van der Waals surface area contributed by atoms with Crippen molar-refractivity contribution in [2.75, 3.05) is 0 Å². The van der Waals surface area contributed by atoms with Gasteiger partial charge in [0.05, 0.1) is 11.8 Å². The summed E-state index contributed by atoms with van der Waals surface area (Å²) in [5.41, 5.74) is -0.0643. The molecule has 1 heterocycles. The van der Waals surface area contributed by atoms with E-state index >= 15 is 0 Å². The van der Waals surface area contributed by atoms with Crippen LogP contribution in [-0.2, 0) is 6.18 Å². The molecule has 0 aliphatic carbocycles. The Labute approximate surface area is 92.6 Å². The first-order chi connectivity index (χ1) is 7.52. The molecule has 1 aromatic heterocycles. The van der Waals surface area contributed by atoms with Crippen molar-refractivity contribution in [3.05, 3.63) is 34.7 Å².